The third-order valence-electron chi connectivity index (χ3n) is 4.74. The molecule has 1 atom stereocenters. The second-order valence-electron chi connectivity index (χ2n) is 6.42. The predicted octanol–water partition coefficient (Wildman–Crippen LogP) is 2.36. The van der Waals surface area contributed by atoms with Gasteiger partial charge in [0.2, 0.25) is 0 Å². The van der Waals surface area contributed by atoms with Gasteiger partial charge in [-0.2, -0.15) is 17.7 Å². The smallest absolute Gasteiger partial charge is 0.327 e. The lowest BCUT2D eigenvalue weighted by molar-refractivity contribution is -0.140. The van der Waals surface area contributed by atoms with Crippen molar-refractivity contribution in [2.75, 3.05) is 5.75 Å². The zero-order chi connectivity index (χ0) is 20.7. The Morgan fingerprint density at radius 2 is 1.97 bits per heavy atom. The molecule has 148 valence electrons. The number of halogens is 1. The Morgan fingerprint density at radius 3 is 2.59 bits per heavy atom. The maximum Gasteiger partial charge on any atom is 0.327 e. The molecule has 0 saturated carbocycles. The quantitative estimate of drug-likeness (QED) is 0.487. The van der Waals surface area contributed by atoms with Gasteiger partial charge in [0, 0.05) is 11.9 Å². The maximum atomic E-state index is 13.3. The Morgan fingerprint density at radius 1 is 1.24 bits per heavy atom. The summed E-state index contributed by atoms with van der Waals surface area (Å²) in [7, 11) is 0. The summed E-state index contributed by atoms with van der Waals surface area (Å²) in [6.07, 6.45) is 1.99. The molecule has 0 spiro atoms. The Bertz CT molecular complexity index is 1300. The molecule has 3 heterocycles. The minimum absolute atomic E-state index is 0.00356. The lowest BCUT2D eigenvalue weighted by Gasteiger charge is -2.13. The first kappa shape index (κ1) is 19.1. The molecule has 0 amide bonds. The number of aryl methyl sites for hydroxylation is 1. The Hall–Kier alpha value is -3.27. The van der Waals surface area contributed by atoms with Crippen LogP contribution in [0.3, 0.4) is 0 Å². The molecular formula is C19H16FN5O3S. The van der Waals surface area contributed by atoms with Gasteiger partial charge in [0.15, 0.2) is 11.2 Å². The number of carbonyl (C=O) groups is 1. The van der Waals surface area contributed by atoms with Crippen LogP contribution in [0.1, 0.15) is 18.7 Å². The first-order valence-electron chi connectivity index (χ1n) is 8.85. The van der Waals surface area contributed by atoms with E-state index < -0.39 is 17.6 Å². The zero-order valence-corrected chi connectivity index (χ0v) is 16.2. The van der Waals surface area contributed by atoms with Crippen LogP contribution in [0.2, 0.25) is 0 Å². The number of pyridine rings is 1. The van der Waals surface area contributed by atoms with Crippen LogP contribution < -0.4 is 5.56 Å². The number of hydrogen-bond donors (Lipinski definition) is 2. The highest BCUT2D eigenvalue weighted by molar-refractivity contribution is 7.80. The van der Waals surface area contributed by atoms with Gasteiger partial charge in [0.1, 0.15) is 17.4 Å². The molecule has 0 aliphatic carbocycles. The van der Waals surface area contributed by atoms with Gasteiger partial charge in [0.05, 0.1) is 11.3 Å². The maximum absolute atomic E-state index is 13.3. The summed E-state index contributed by atoms with van der Waals surface area (Å²) in [5, 5.41) is 22.1. The fraction of sp³-hybridized carbons (Fsp3) is 0.211. The van der Waals surface area contributed by atoms with Gasteiger partial charge in [0.25, 0.3) is 5.56 Å². The van der Waals surface area contributed by atoms with Gasteiger partial charge in [-0.15, -0.1) is 10.2 Å². The molecule has 0 fully saturated rings. The number of aliphatic carboxylic acids is 1. The average Bonchev–Trinajstić information content (AvgIpc) is 3.09. The number of hydrogen-bond acceptors (Lipinski definition) is 6. The molecule has 8 nitrogen and oxygen atoms in total. The molecule has 4 aromatic rings. The van der Waals surface area contributed by atoms with Crippen molar-refractivity contribution in [1.29, 1.82) is 0 Å². The molecule has 10 heteroatoms. The standard InChI is InChI=1S/C19H16FN5O3S/c1-2-12-15(10-3-5-11(20)6-4-10)17-22-21-16-13(25(17)23-12)7-8-24(18(16)26)14(9-29)19(27)28/h3-8,14,29H,2,9H2,1H3,(H,27,28). The summed E-state index contributed by atoms with van der Waals surface area (Å²) in [6.45, 7) is 1.93. The van der Waals surface area contributed by atoms with Gasteiger partial charge >= 0.3 is 5.97 Å². The second-order valence-corrected chi connectivity index (χ2v) is 6.78. The highest BCUT2D eigenvalue weighted by Gasteiger charge is 2.23. The number of nitrogens with zero attached hydrogens (tertiary/aromatic N) is 5. The third-order valence-corrected chi connectivity index (χ3v) is 5.09. The number of fused-ring (bicyclic) bond motifs is 3. The average molecular weight is 413 g/mol. The van der Waals surface area contributed by atoms with E-state index in [0.717, 1.165) is 15.8 Å². The van der Waals surface area contributed by atoms with Crippen LogP contribution in [0, 0.1) is 5.82 Å². The van der Waals surface area contributed by atoms with Gasteiger partial charge in [-0.25, -0.2) is 13.7 Å². The molecule has 0 aliphatic heterocycles. The molecule has 0 saturated heterocycles. The van der Waals surface area contributed by atoms with Crippen LogP contribution >= 0.6 is 12.6 Å². The molecule has 1 unspecified atom stereocenters. The van der Waals surface area contributed by atoms with E-state index in [1.807, 2.05) is 6.92 Å². The summed E-state index contributed by atoms with van der Waals surface area (Å²) in [5.74, 6) is -1.56. The number of thiol groups is 1. The van der Waals surface area contributed by atoms with E-state index in [1.165, 1.54) is 22.8 Å². The summed E-state index contributed by atoms with van der Waals surface area (Å²) in [5.41, 5.74) is 2.43. The number of benzene rings is 1. The fourth-order valence-corrected chi connectivity index (χ4v) is 3.63. The summed E-state index contributed by atoms with van der Waals surface area (Å²) >= 11 is 4.02. The Balaban J connectivity index is 2.00. The first-order valence-corrected chi connectivity index (χ1v) is 9.48. The summed E-state index contributed by atoms with van der Waals surface area (Å²) in [4.78, 5) is 24.2. The van der Waals surface area contributed by atoms with Crippen molar-refractivity contribution in [3.8, 4) is 11.1 Å². The van der Waals surface area contributed by atoms with Crippen molar-refractivity contribution in [2.24, 2.45) is 0 Å². The minimum atomic E-state index is -1.17. The van der Waals surface area contributed by atoms with Crippen molar-refractivity contribution < 1.29 is 14.3 Å². The van der Waals surface area contributed by atoms with Crippen molar-refractivity contribution >= 4 is 35.3 Å². The van der Waals surface area contributed by atoms with Gasteiger partial charge < -0.3 is 5.11 Å². The third kappa shape index (κ3) is 3.05. The topological polar surface area (TPSA) is 102 Å². The van der Waals surface area contributed by atoms with Crippen molar-refractivity contribution in [3.63, 3.8) is 0 Å². The van der Waals surface area contributed by atoms with E-state index in [-0.39, 0.29) is 17.1 Å². The van der Waals surface area contributed by atoms with E-state index in [1.54, 1.807) is 18.2 Å². The molecule has 29 heavy (non-hydrogen) atoms. The van der Waals surface area contributed by atoms with E-state index in [4.69, 9.17) is 0 Å². The molecule has 0 bridgehead atoms. The molecule has 0 radical (unpaired) electrons. The van der Waals surface area contributed by atoms with Crippen molar-refractivity contribution in [2.45, 2.75) is 19.4 Å². The summed E-state index contributed by atoms with van der Waals surface area (Å²) < 4.78 is 15.9. The monoisotopic (exact) mass is 413 g/mol. The molecule has 1 aromatic carbocycles. The van der Waals surface area contributed by atoms with Crippen LogP contribution in [-0.4, -0.2) is 41.2 Å². The Kier molecular flexibility index (Phi) is 4.79. The lowest BCUT2D eigenvalue weighted by Crippen LogP contribution is -2.31. The molecule has 0 aliphatic rings. The number of carboxylic acid groups (broad SMARTS) is 1. The SMILES string of the molecule is CCc1nn2c(nnc3c(=O)n(C(CS)C(=O)O)ccc32)c1-c1ccc(F)cc1. The van der Waals surface area contributed by atoms with Gasteiger partial charge in [-0.05, 0) is 30.2 Å². The van der Waals surface area contributed by atoms with Gasteiger partial charge in [-0.3, -0.25) is 9.36 Å². The second kappa shape index (κ2) is 7.28. The zero-order valence-electron chi connectivity index (χ0n) is 15.3. The number of rotatable bonds is 5. The van der Waals surface area contributed by atoms with Crippen LogP contribution in [0.5, 0.6) is 0 Å². The molecule has 3 aromatic heterocycles. The minimum Gasteiger partial charge on any atom is -0.480 e. The van der Waals surface area contributed by atoms with Crippen molar-refractivity contribution in [3.05, 3.63) is 58.4 Å². The fourth-order valence-electron chi connectivity index (χ4n) is 3.30. The molecular weight excluding hydrogens is 397 g/mol. The Labute approximate surface area is 169 Å². The molecule has 1 N–H and O–H groups in total. The highest BCUT2D eigenvalue weighted by Crippen LogP contribution is 2.29. The lowest BCUT2D eigenvalue weighted by atomic mass is 10.0. The van der Waals surface area contributed by atoms with Crippen LogP contribution in [-0.2, 0) is 11.2 Å². The largest absolute Gasteiger partial charge is 0.480 e. The summed E-state index contributed by atoms with van der Waals surface area (Å²) in [6, 6.07) is 6.45. The van der Waals surface area contributed by atoms with E-state index in [0.29, 0.717) is 23.1 Å². The molecule has 4 rings (SSSR count). The first-order chi connectivity index (χ1) is 14.0. The number of aromatic nitrogens is 5. The normalized spacial score (nSPS) is 12.5. The van der Waals surface area contributed by atoms with Crippen LogP contribution in [0.4, 0.5) is 4.39 Å². The highest BCUT2D eigenvalue weighted by atomic mass is 32.1. The van der Waals surface area contributed by atoms with Crippen molar-refractivity contribution in [1.82, 2.24) is 24.4 Å². The van der Waals surface area contributed by atoms with Gasteiger partial charge in [-0.1, -0.05) is 19.1 Å². The number of carboxylic acids is 1. The van der Waals surface area contributed by atoms with E-state index >= 15 is 0 Å². The van der Waals surface area contributed by atoms with E-state index in [9.17, 15) is 19.1 Å². The predicted molar refractivity (Wildman–Crippen MR) is 108 cm³/mol. The van der Waals surface area contributed by atoms with E-state index in [2.05, 4.69) is 27.9 Å². The van der Waals surface area contributed by atoms with Crippen LogP contribution in [0.25, 0.3) is 27.8 Å². The van der Waals surface area contributed by atoms with Crippen LogP contribution in [0.15, 0.2) is 41.3 Å².